The lowest BCUT2D eigenvalue weighted by molar-refractivity contribution is 0.0996. The SMILES string of the molecule is CC(Br)C(=O)c1ccc(-c2ccccc2Cl)cc1. The Bertz CT molecular complexity index is 561. The fraction of sp³-hybridized carbons (Fsp3) is 0.133. The van der Waals surface area contributed by atoms with Crippen LogP contribution in [0.15, 0.2) is 48.5 Å². The monoisotopic (exact) mass is 322 g/mol. The fourth-order valence-electron chi connectivity index (χ4n) is 1.74. The van der Waals surface area contributed by atoms with Crippen molar-refractivity contribution in [3.63, 3.8) is 0 Å². The van der Waals surface area contributed by atoms with Crippen molar-refractivity contribution >= 4 is 33.3 Å². The molecule has 0 aromatic heterocycles. The molecular formula is C15H12BrClO. The van der Waals surface area contributed by atoms with E-state index in [0.717, 1.165) is 11.1 Å². The third-order valence-corrected chi connectivity index (χ3v) is 3.46. The van der Waals surface area contributed by atoms with Gasteiger partial charge in [-0.1, -0.05) is 70.0 Å². The Morgan fingerprint density at radius 1 is 1.11 bits per heavy atom. The van der Waals surface area contributed by atoms with Crippen LogP contribution in [-0.2, 0) is 0 Å². The minimum atomic E-state index is -0.163. The molecule has 1 nitrogen and oxygen atoms in total. The summed E-state index contributed by atoms with van der Waals surface area (Å²) in [6.45, 7) is 1.82. The normalized spacial score (nSPS) is 12.2. The Balaban J connectivity index is 2.34. The highest BCUT2D eigenvalue weighted by molar-refractivity contribution is 9.10. The average Bonchev–Trinajstić information content (AvgIpc) is 2.38. The standard InChI is InChI=1S/C15H12BrClO/c1-10(16)15(18)12-8-6-11(7-9-12)13-4-2-3-5-14(13)17/h2-10H,1H3. The molecule has 0 amide bonds. The van der Waals surface area contributed by atoms with Crippen molar-refractivity contribution in [3.05, 3.63) is 59.1 Å². The van der Waals surface area contributed by atoms with Gasteiger partial charge in [0.15, 0.2) is 5.78 Å². The number of ketones is 1. The maximum atomic E-state index is 11.8. The van der Waals surface area contributed by atoms with Crippen LogP contribution in [0.5, 0.6) is 0 Å². The van der Waals surface area contributed by atoms with Gasteiger partial charge in [-0.3, -0.25) is 4.79 Å². The van der Waals surface area contributed by atoms with Crippen molar-refractivity contribution in [3.8, 4) is 11.1 Å². The van der Waals surface area contributed by atoms with Crippen molar-refractivity contribution < 1.29 is 4.79 Å². The molecule has 0 aliphatic heterocycles. The van der Waals surface area contributed by atoms with Gasteiger partial charge in [0.1, 0.15) is 0 Å². The van der Waals surface area contributed by atoms with Crippen LogP contribution in [0.1, 0.15) is 17.3 Å². The van der Waals surface area contributed by atoms with Crippen LogP contribution in [0.3, 0.4) is 0 Å². The third-order valence-electron chi connectivity index (χ3n) is 2.72. The molecular weight excluding hydrogens is 312 g/mol. The molecule has 18 heavy (non-hydrogen) atoms. The van der Waals surface area contributed by atoms with Crippen LogP contribution in [0.4, 0.5) is 0 Å². The van der Waals surface area contributed by atoms with Gasteiger partial charge in [-0.05, 0) is 18.6 Å². The number of hydrogen-bond donors (Lipinski definition) is 0. The van der Waals surface area contributed by atoms with E-state index in [1.807, 2.05) is 55.5 Å². The van der Waals surface area contributed by atoms with E-state index >= 15 is 0 Å². The van der Waals surface area contributed by atoms with E-state index in [1.165, 1.54) is 0 Å². The zero-order valence-electron chi connectivity index (χ0n) is 9.86. The highest BCUT2D eigenvalue weighted by Gasteiger charge is 2.11. The summed E-state index contributed by atoms with van der Waals surface area (Å²) < 4.78 is 0. The van der Waals surface area contributed by atoms with Crippen molar-refractivity contribution in [1.82, 2.24) is 0 Å². The molecule has 0 radical (unpaired) electrons. The molecule has 1 atom stereocenters. The number of hydrogen-bond acceptors (Lipinski definition) is 1. The summed E-state index contributed by atoms with van der Waals surface area (Å²) in [7, 11) is 0. The second-order valence-corrected chi connectivity index (χ2v) is 5.82. The topological polar surface area (TPSA) is 17.1 Å². The molecule has 0 spiro atoms. The molecule has 0 bridgehead atoms. The average molecular weight is 324 g/mol. The minimum absolute atomic E-state index is 0.0840. The summed E-state index contributed by atoms with van der Waals surface area (Å²) in [4.78, 5) is 11.6. The first-order valence-corrected chi connectivity index (χ1v) is 6.92. The number of carbonyl (C=O) groups excluding carboxylic acids is 1. The molecule has 1 unspecified atom stereocenters. The zero-order chi connectivity index (χ0) is 13.1. The predicted octanol–water partition coefficient (Wildman–Crippen LogP) is 4.97. The van der Waals surface area contributed by atoms with Gasteiger partial charge in [0, 0.05) is 16.1 Å². The summed E-state index contributed by atoms with van der Waals surface area (Å²) in [6.07, 6.45) is 0. The van der Waals surface area contributed by atoms with Gasteiger partial charge in [-0.2, -0.15) is 0 Å². The van der Waals surface area contributed by atoms with Crippen LogP contribution in [0, 0.1) is 0 Å². The first-order valence-electron chi connectivity index (χ1n) is 5.63. The van der Waals surface area contributed by atoms with Gasteiger partial charge < -0.3 is 0 Å². The second kappa shape index (κ2) is 5.68. The number of carbonyl (C=O) groups is 1. The Morgan fingerprint density at radius 3 is 2.28 bits per heavy atom. The van der Waals surface area contributed by atoms with E-state index in [1.54, 1.807) is 0 Å². The number of benzene rings is 2. The van der Waals surface area contributed by atoms with Crippen LogP contribution in [0.25, 0.3) is 11.1 Å². The van der Waals surface area contributed by atoms with Crippen LogP contribution >= 0.6 is 27.5 Å². The molecule has 2 aromatic rings. The molecule has 0 N–H and O–H groups in total. The van der Waals surface area contributed by atoms with Crippen LogP contribution < -0.4 is 0 Å². The number of rotatable bonds is 3. The Hall–Kier alpha value is -1.12. The van der Waals surface area contributed by atoms with Gasteiger partial charge in [0.05, 0.1) is 4.83 Å². The molecule has 0 aliphatic carbocycles. The lowest BCUT2D eigenvalue weighted by atomic mass is 10.0. The summed E-state index contributed by atoms with van der Waals surface area (Å²) in [5.41, 5.74) is 2.69. The Labute approximate surface area is 120 Å². The van der Waals surface area contributed by atoms with Gasteiger partial charge >= 0.3 is 0 Å². The molecule has 0 aliphatic rings. The Kier molecular flexibility index (Phi) is 4.20. The largest absolute Gasteiger partial charge is 0.293 e. The lowest BCUT2D eigenvalue weighted by Gasteiger charge is -2.06. The summed E-state index contributed by atoms with van der Waals surface area (Å²) in [5, 5.41) is 0.713. The van der Waals surface area contributed by atoms with Gasteiger partial charge in [-0.25, -0.2) is 0 Å². The maximum absolute atomic E-state index is 11.8. The van der Waals surface area contributed by atoms with Gasteiger partial charge in [0.25, 0.3) is 0 Å². The molecule has 2 aromatic carbocycles. The smallest absolute Gasteiger partial charge is 0.176 e. The van der Waals surface area contributed by atoms with E-state index in [2.05, 4.69) is 15.9 Å². The minimum Gasteiger partial charge on any atom is -0.293 e. The van der Waals surface area contributed by atoms with Gasteiger partial charge in [0.2, 0.25) is 0 Å². The molecule has 0 fully saturated rings. The quantitative estimate of drug-likeness (QED) is 0.575. The highest BCUT2D eigenvalue weighted by Crippen LogP contribution is 2.27. The van der Waals surface area contributed by atoms with E-state index in [4.69, 9.17) is 11.6 Å². The third kappa shape index (κ3) is 2.82. The molecule has 0 saturated carbocycles. The first-order chi connectivity index (χ1) is 8.59. The van der Waals surface area contributed by atoms with Crippen molar-refractivity contribution in [2.75, 3.05) is 0 Å². The maximum Gasteiger partial charge on any atom is 0.176 e. The van der Waals surface area contributed by atoms with E-state index < -0.39 is 0 Å². The zero-order valence-corrected chi connectivity index (χ0v) is 12.2. The molecule has 2 rings (SSSR count). The van der Waals surface area contributed by atoms with Crippen molar-refractivity contribution in [2.24, 2.45) is 0 Å². The molecule has 3 heteroatoms. The fourth-order valence-corrected chi connectivity index (χ4v) is 2.25. The van der Waals surface area contributed by atoms with E-state index in [0.29, 0.717) is 10.6 Å². The van der Waals surface area contributed by atoms with Crippen molar-refractivity contribution in [2.45, 2.75) is 11.8 Å². The summed E-state index contributed by atoms with van der Waals surface area (Å²) in [5.74, 6) is 0.0840. The van der Waals surface area contributed by atoms with Crippen molar-refractivity contribution in [1.29, 1.82) is 0 Å². The first kappa shape index (κ1) is 13.3. The summed E-state index contributed by atoms with van der Waals surface area (Å²) >= 11 is 9.42. The second-order valence-electron chi connectivity index (χ2n) is 4.04. The number of halogens is 2. The summed E-state index contributed by atoms with van der Waals surface area (Å²) in [6, 6.07) is 15.2. The lowest BCUT2D eigenvalue weighted by Crippen LogP contribution is -2.09. The molecule has 0 saturated heterocycles. The van der Waals surface area contributed by atoms with E-state index in [-0.39, 0.29) is 10.6 Å². The predicted molar refractivity (Wildman–Crippen MR) is 79.6 cm³/mol. The van der Waals surface area contributed by atoms with Gasteiger partial charge in [-0.15, -0.1) is 0 Å². The van der Waals surface area contributed by atoms with E-state index in [9.17, 15) is 4.79 Å². The van der Waals surface area contributed by atoms with Crippen LogP contribution in [-0.4, -0.2) is 10.6 Å². The van der Waals surface area contributed by atoms with Crippen LogP contribution in [0.2, 0.25) is 5.02 Å². The number of Topliss-reactive ketones (excluding diaryl/α,β-unsaturated/α-hetero) is 1. The highest BCUT2D eigenvalue weighted by atomic mass is 79.9. The molecule has 0 heterocycles. The Morgan fingerprint density at radius 2 is 1.72 bits per heavy atom. The number of alkyl halides is 1. The molecule has 92 valence electrons.